The predicted octanol–water partition coefficient (Wildman–Crippen LogP) is 3.24. The molecule has 0 saturated carbocycles. The van der Waals surface area contributed by atoms with E-state index in [4.69, 9.17) is 15.6 Å². The summed E-state index contributed by atoms with van der Waals surface area (Å²) in [6.07, 6.45) is 5.42. The summed E-state index contributed by atoms with van der Waals surface area (Å²) in [4.78, 5) is 0. The molecule has 0 aliphatic heterocycles. The van der Waals surface area contributed by atoms with Crippen LogP contribution >= 0.6 is 0 Å². The minimum atomic E-state index is 0.703. The Morgan fingerprint density at radius 2 is 2.06 bits per heavy atom. The average Bonchev–Trinajstić information content (AvgIpc) is 2.75. The van der Waals surface area contributed by atoms with E-state index >= 15 is 0 Å². The smallest absolute Gasteiger partial charge is 0.134 e. The second kappa shape index (κ2) is 4.16. The molecule has 2 rings (SSSR count). The molecule has 0 bridgehead atoms. The van der Waals surface area contributed by atoms with Gasteiger partial charge in [-0.2, -0.15) is 0 Å². The maximum Gasteiger partial charge on any atom is 0.134 e. The first kappa shape index (κ1) is 10.4. The third kappa shape index (κ3) is 1.80. The third-order valence-corrected chi connectivity index (χ3v) is 2.38. The van der Waals surface area contributed by atoms with Crippen molar-refractivity contribution in [1.82, 2.24) is 0 Å². The summed E-state index contributed by atoms with van der Waals surface area (Å²) >= 11 is 0. The summed E-state index contributed by atoms with van der Waals surface area (Å²) in [5, 5.41) is 0. The van der Waals surface area contributed by atoms with Gasteiger partial charge in [-0.3, -0.25) is 0 Å². The van der Waals surface area contributed by atoms with Crippen molar-refractivity contribution < 1.29 is 9.15 Å². The van der Waals surface area contributed by atoms with E-state index in [-0.39, 0.29) is 0 Å². The van der Waals surface area contributed by atoms with Gasteiger partial charge in [0, 0.05) is 5.56 Å². The molecular weight excluding hydrogens is 200 g/mol. The van der Waals surface area contributed by atoms with Crippen molar-refractivity contribution in [2.45, 2.75) is 6.92 Å². The van der Waals surface area contributed by atoms with Crippen LogP contribution in [0.3, 0.4) is 0 Å². The van der Waals surface area contributed by atoms with Gasteiger partial charge in [-0.15, -0.1) is 6.42 Å². The Morgan fingerprint density at radius 3 is 2.62 bits per heavy atom. The molecule has 80 valence electrons. The molecule has 1 aromatic heterocycles. The number of hydrogen-bond acceptors (Lipinski definition) is 2. The molecule has 16 heavy (non-hydrogen) atoms. The van der Waals surface area contributed by atoms with Crippen LogP contribution in [0.1, 0.15) is 11.3 Å². The third-order valence-electron chi connectivity index (χ3n) is 2.38. The van der Waals surface area contributed by atoms with Gasteiger partial charge in [0.05, 0.1) is 12.7 Å². The molecule has 0 unspecified atom stereocenters. The second-order valence-corrected chi connectivity index (χ2v) is 3.47. The number of benzene rings is 1. The van der Waals surface area contributed by atoms with E-state index < -0.39 is 0 Å². The molecule has 2 nitrogen and oxygen atoms in total. The first-order chi connectivity index (χ1) is 7.74. The van der Waals surface area contributed by atoms with Crippen molar-refractivity contribution in [3.8, 4) is 29.4 Å². The Morgan fingerprint density at radius 1 is 1.25 bits per heavy atom. The zero-order valence-corrected chi connectivity index (χ0v) is 9.28. The molecule has 2 heteroatoms. The average molecular weight is 212 g/mol. The van der Waals surface area contributed by atoms with Gasteiger partial charge in [-0.05, 0) is 37.3 Å². The molecule has 2 aromatic rings. The van der Waals surface area contributed by atoms with Crippen molar-refractivity contribution in [1.29, 1.82) is 0 Å². The van der Waals surface area contributed by atoms with Gasteiger partial charge in [0.1, 0.15) is 17.3 Å². The van der Waals surface area contributed by atoms with Gasteiger partial charge in [-0.1, -0.05) is 5.92 Å². The van der Waals surface area contributed by atoms with E-state index in [1.165, 1.54) is 0 Å². The van der Waals surface area contributed by atoms with Crippen LogP contribution in [-0.4, -0.2) is 7.11 Å². The molecule has 0 saturated heterocycles. The van der Waals surface area contributed by atoms with Crippen LogP contribution in [-0.2, 0) is 0 Å². The van der Waals surface area contributed by atoms with Crippen molar-refractivity contribution in [3.63, 3.8) is 0 Å². The largest absolute Gasteiger partial charge is 0.495 e. The van der Waals surface area contributed by atoms with Gasteiger partial charge in [0.15, 0.2) is 0 Å². The minimum absolute atomic E-state index is 0.703. The minimum Gasteiger partial charge on any atom is -0.495 e. The first-order valence-electron chi connectivity index (χ1n) is 4.96. The molecule has 0 atom stereocenters. The Labute approximate surface area is 94.9 Å². The highest BCUT2D eigenvalue weighted by Crippen LogP contribution is 2.27. The number of ether oxygens (including phenoxy) is 1. The molecule has 0 spiro atoms. The maximum atomic E-state index is 5.53. The molecule has 1 heterocycles. The quantitative estimate of drug-likeness (QED) is 0.713. The van der Waals surface area contributed by atoms with Crippen LogP contribution in [0.4, 0.5) is 0 Å². The first-order valence-corrected chi connectivity index (χ1v) is 4.96. The number of rotatable bonds is 2. The van der Waals surface area contributed by atoms with Crippen LogP contribution < -0.4 is 4.74 Å². The highest BCUT2D eigenvalue weighted by Gasteiger charge is 2.06. The fraction of sp³-hybridized carbons (Fsp3) is 0.143. The number of aryl methyl sites for hydroxylation is 1. The Kier molecular flexibility index (Phi) is 2.70. The highest BCUT2D eigenvalue weighted by atomic mass is 16.5. The fourth-order valence-corrected chi connectivity index (χ4v) is 1.56. The molecule has 0 radical (unpaired) electrons. The Hall–Kier alpha value is -2.14. The van der Waals surface area contributed by atoms with E-state index in [2.05, 4.69) is 5.92 Å². The molecule has 0 fully saturated rings. The zero-order chi connectivity index (χ0) is 11.5. The lowest BCUT2D eigenvalue weighted by molar-refractivity contribution is 0.413. The van der Waals surface area contributed by atoms with Crippen molar-refractivity contribution >= 4 is 0 Å². The van der Waals surface area contributed by atoms with E-state index in [9.17, 15) is 0 Å². The summed E-state index contributed by atoms with van der Waals surface area (Å²) in [6, 6.07) is 9.52. The summed E-state index contributed by atoms with van der Waals surface area (Å²) in [7, 11) is 1.60. The topological polar surface area (TPSA) is 22.4 Å². The van der Waals surface area contributed by atoms with Crippen molar-refractivity contribution in [2.24, 2.45) is 0 Å². The number of hydrogen-bond donors (Lipinski definition) is 0. The van der Waals surface area contributed by atoms with Gasteiger partial charge < -0.3 is 9.15 Å². The summed E-state index contributed by atoms with van der Waals surface area (Å²) in [5.41, 5.74) is 1.69. The summed E-state index contributed by atoms with van der Waals surface area (Å²) in [6.45, 7) is 1.91. The predicted molar refractivity (Wildman–Crippen MR) is 63.4 cm³/mol. The highest BCUT2D eigenvalue weighted by molar-refractivity contribution is 5.63. The monoisotopic (exact) mass is 212 g/mol. The van der Waals surface area contributed by atoms with Gasteiger partial charge in [0.2, 0.25) is 0 Å². The fourth-order valence-electron chi connectivity index (χ4n) is 1.56. The molecule has 0 amide bonds. The second-order valence-electron chi connectivity index (χ2n) is 3.47. The standard InChI is InChI=1S/C14H12O2/c1-4-11-9-12(6-8-13(11)15-3)14-7-5-10(2)16-14/h1,5-9H,2-3H3. The van der Waals surface area contributed by atoms with Crippen LogP contribution in [0, 0.1) is 19.3 Å². The Bertz CT molecular complexity index is 544. The van der Waals surface area contributed by atoms with E-state index in [1.807, 2.05) is 37.3 Å². The number of methoxy groups -OCH3 is 1. The molecule has 0 aliphatic rings. The molecular formula is C14H12O2. The van der Waals surface area contributed by atoms with Crippen LogP contribution in [0.5, 0.6) is 5.75 Å². The van der Waals surface area contributed by atoms with E-state index in [1.54, 1.807) is 7.11 Å². The van der Waals surface area contributed by atoms with Crippen LogP contribution in [0.15, 0.2) is 34.7 Å². The van der Waals surface area contributed by atoms with Crippen molar-refractivity contribution in [3.05, 3.63) is 41.7 Å². The van der Waals surface area contributed by atoms with Gasteiger partial charge in [0.25, 0.3) is 0 Å². The van der Waals surface area contributed by atoms with Crippen LogP contribution in [0.25, 0.3) is 11.3 Å². The SMILES string of the molecule is C#Cc1cc(-c2ccc(C)o2)ccc1OC. The molecule has 1 aromatic carbocycles. The lowest BCUT2D eigenvalue weighted by atomic mass is 10.1. The molecule has 0 N–H and O–H groups in total. The van der Waals surface area contributed by atoms with Crippen LogP contribution in [0.2, 0.25) is 0 Å². The normalized spacial score (nSPS) is 9.81. The number of terminal acetylenes is 1. The van der Waals surface area contributed by atoms with E-state index in [0.29, 0.717) is 5.75 Å². The van der Waals surface area contributed by atoms with Gasteiger partial charge >= 0.3 is 0 Å². The molecule has 0 aliphatic carbocycles. The summed E-state index contributed by atoms with van der Waals surface area (Å²) < 4.78 is 10.7. The number of furan rings is 1. The van der Waals surface area contributed by atoms with Gasteiger partial charge in [-0.25, -0.2) is 0 Å². The Balaban J connectivity index is 2.48. The maximum absolute atomic E-state index is 5.53. The zero-order valence-electron chi connectivity index (χ0n) is 9.28. The lowest BCUT2D eigenvalue weighted by Gasteiger charge is -2.04. The lowest BCUT2D eigenvalue weighted by Crippen LogP contribution is -1.88. The van der Waals surface area contributed by atoms with E-state index in [0.717, 1.165) is 22.6 Å². The van der Waals surface area contributed by atoms with Crippen molar-refractivity contribution in [2.75, 3.05) is 7.11 Å². The summed E-state index contributed by atoms with van der Waals surface area (Å²) in [5.74, 6) is 5.00.